The Hall–Kier alpha value is -1.66. The highest BCUT2D eigenvalue weighted by Crippen LogP contribution is 2.39. The molecule has 1 saturated carbocycles. The van der Waals surface area contributed by atoms with Crippen LogP contribution in [0.1, 0.15) is 6.42 Å². The molecule has 0 radical (unpaired) electrons. The molecule has 0 spiro atoms. The standard InChI is InChI=1S/C12H15N3O3/c13-10-9-4-5-18-12(9)11(10)14-7-2-1-3-8(6-7)15(16)17/h1-3,6,9-12,14H,4-5,13H2. The van der Waals surface area contributed by atoms with E-state index in [1.54, 1.807) is 6.07 Å². The van der Waals surface area contributed by atoms with Gasteiger partial charge in [0.1, 0.15) is 0 Å². The van der Waals surface area contributed by atoms with Gasteiger partial charge in [0.2, 0.25) is 0 Å². The summed E-state index contributed by atoms with van der Waals surface area (Å²) in [6.45, 7) is 0.760. The second-order valence-corrected chi connectivity index (χ2v) is 4.84. The molecule has 3 N–H and O–H groups in total. The van der Waals surface area contributed by atoms with Crippen molar-refractivity contribution in [3.63, 3.8) is 0 Å². The van der Waals surface area contributed by atoms with Gasteiger partial charge in [-0.05, 0) is 12.5 Å². The molecular formula is C12H15N3O3. The first kappa shape index (κ1) is 11.4. The third-order valence-electron chi connectivity index (χ3n) is 3.84. The number of hydrogen-bond acceptors (Lipinski definition) is 5. The van der Waals surface area contributed by atoms with Crippen LogP contribution in [0.25, 0.3) is 0 Å². The fraction of sp³-hybridized carbons (Fsp3) is 0.500. The van der Waals surface area contributed by atoms with E-state index in [4.69, 9.17) is 10.5 Å². The lowest BCUT2D eigenvalue weighted by Crippen LogP contribution is -2.65. The van der Waals surface area contributed by atoms with E-state index in [0.717, 1.165) is 18.7 Å². The molecule has 96 valence electrons. The SMILES string of the molecule is NC1C2CCOC2C1Nc1cccc([N+](=O)[O-])c1. The Morgan fingerprint density at radius 3 is 3.11 bits per heavy atom. The molecule has 0 amide bonds. The number of nitro groups is 1. The molecule has 1 aromatic rings. The Morgan fingerprint density at radius 2 is 2.33 bits per heavy atom. The van der Waals surface area contributed by atoms with Gasteiger partial charge in [0, 0.05) is 36.4 Å². The summed E-state index contributed by atoms with van der Waals surface area (Å²) >= 11 is 0. The fourth-order valence-corrected chi connectivity index (χ4v) is 2.83. The van der Waals surface area contributed by atoms with Crippen LogP contribution >= 0.6 is 0 Å². The van der Waals surface area contributed by atoms with Crippen molar-refractivity contribution in [2.24, 2.45) is 11.7 Å². The van der Waals surface area contributed by atoms with Crippen molar-refractivity contribution in [1.82, 2.24) is 0 Å². The van der Waals surface area contributed by atoms with Crippen molar-refractivity contribution in [3.05, 3.63) is 34.4 Å². The van der Waals surface area contributed by atoms with E-state index in [0.29, 0.717) is 5.92 Å². The van der Waals surface area contributed by atoms with Crippen LogP contribution in [-0.4, -0.2) is 29.7 Å². The van der Waals surface area contributed by atoms with Crippen LogP contribution in [0.15, 0.2) is 24.3 Å². The number of hydrogen-bond donors (Lipinski definition) is 2. The van der Waals surface area contributed by atoms with E-state index in [1.165, 1.54) is 12.1 Å². The molecule has 1 heterocycles. The maximum absolute atomic E-state index is 10.7. The van der Waals surface area contributed by atoms with Gasteiger partial charge >= 0.3 is 0 Å². The molecule has 1 aromatic carbocycles. The lowest BCUT2D eigenvalue weighted by atomic mass is 9.72. The molecule has 3 rings (SSSR count). The molecule has 0 aromatic heterocycles. The minimum absolute atomic E-state index is 0.0551. The van der Waals surface area contributed by atoms with Crippen molar-refractivity contribution in [1.29, 1.82) is 0 Å². The zero-order valence-electron chi connectivity index (χ0n) is 9.78. The Bertz CT molecular complexity index is 479. The zero-order valence-corrected chi connectivity index (χ0v) is 9.78. The molecule has 6 nitrogen and oxygen atoms in total. The average molecular weight is 249 g/mol. The van der Waals surface area contributed by atoms with Crippen LogP contribution in [0.4, 0.5) is 11.4 Å². The van der Waals surface area contributed by atoms with Gasteiger partial charge < -0.3 is 15.8 Å². The first-order valence-corrected chi connectivity index (χ1v) is 6.05. The third kappa shape index (κ3) is 1.74. The minimum atomic E-state index is -0.402. The normalized spacial score (nSPS) is 33.6. The number of nitro benzene ring substituents is 1. The highest BCUT2D eigenvalue weighted by atomic mass is 16.6. The number of anilines is 1. The van der Waals surface area contributed by atoms with E-state index < -0.39 is 4.92 Å². The first-order chi connectivity index (χ1) is 8.66. The van der Waals surface area contributed by atoms with Gasteiger partial charge in [-0.1, -0.05) is 6.07 Å². The van der Waals surface area contributed by atoms with E-state index in [2.05, 4.69) is 5.32 Å². The quantitative estimate of drug-likeness (QED) is 0.619. The number of fused-ring (bicyclic) bond motifs is 1. The second-order valence-electron chi connectivity index (χ2n) is 4.84. The van der Waals surface area contributed by atoms with Crippen LogP contribution in [-0.2, 0) is 4.74 Å². The van der Waals surface area contributed by atoms with Crippen LogP contribution < -0.4 is 11.1 Å². The number of ether oxygens (including phenoxy) is 1. The largest absolute Gasteiger partial charge is 0.378 e. The Balaban J connectivity index is 1.73. The third-order valence-corrected chi connectivity index (χ3v) is 3.84. The smallest absolute Gasteiger partial charge is 0.271 e. The molecule has 1 aliphatic carbocycles. The molecule has 2 aliphatic rings. The van der Waals surface area contributed by atoms with E-state index >= 15 is 0 Å². The predicted octanol–water partition coefficient (Wildman–Crippen LogP) is 1.12. The summed E-state index contributed by atoms with van der Waals surface area (Å²) < 4.78 is 5.61. The van der Waals surface area contributed by atoms with Crippen molar-refractivity contribution in [2.45, 2.75) is 24.6 Å². The number of benzene rings is 1. The second kappa shape index (κ2) is 4.22. The molecule has 4 unspecified atom stereocenters. The van der Waals surface area contributed by atoms with E-state index in [-0.39, 0.29) is 23.9 Å². The number of nitrogens with two attached hydrogens (primary N) is 1. The molecule has 6 heteroatoms. The van der Waals surface area contributed by atoms with Crippen molar-refractivity contribution in [3.8, 4) is 0 Å². The van der Waals surface area contributed by atoms with Crippen LogP contribution in [0.2, 0.25) is 0 Å². The van der Waals surface area contributed by atoms with Crippen molar-refractivity contribution in [2.75, 3.05) is 11.9 Å². The van der Waals surface area contributed by atoms with Crippen molar-refractivity contribution < 1.29 is 9.66 Å². The molecule has 0 bridgehead atoms. The van der Waals surface area contributed by atoms with E-state index in [9.17, 15) is 10.1 Å². The summed E-state index contributed by atoms with van der Waals surface area (Å²) in [5.41, 5.74) is 6.88. The maximum Gasteiger partial charge on any atom is 0.271 e. The van der Waals surface area contributed by atoms with Crippen LogP contribution in [0.5, 0.6) is 0 Å². The summed E-state index contributed by atoms with van der Waals surface area (Å²) in [6.07, 6.45) is 1.16. The Kier molecular flexibility index (Phi) is 2.68. The summed E-state index contributed by atoms with van der Waals surface area (Å²) in [5.74, 6) is 0.432. The molecule has 2 fully saturated rings. The topological polar surface area (TPSA) is 90.4 Å². The number of nitrogens with zero attached hydrogens (tertiary/aromatic N) is 1. The molecule has 4 atom stereocenters. The monoisotopic (exact) mass is 249 g/mol. The van der Waals surface area contributed by atoms with Gasteiger partial charge in [-0.25, -0.2) is 0 Å². The summed E-state index contributed by atoms with van der Waals surface area (Å²) in [4.78, 5) is 10.3. The molecule has 1 aliphatic heterocycles. The number of rotatable bonds is 3. The number of non-ortho nitro benzene ring substituents is 1. The zero-order chi connectivity index (χ0) is 12.7. The fourth-order valence-electron chi connectivity index (χ4n) is 2.83. The lowest BCUT2D eigenvalue weighted by Gasteiger charge is -2.46. The van der Waals surface area contributed by atoms with E-state index in [1.807, 2.05) is 6.07 Å². The summed E-state index contributed by atoms with van der Waals surface area (Å²) in [7, 11) is 0. The Labute approximate surface area is 104 Å². The molecular weight excluding hydrogens is 234 g/mol. The highest BCUT2D eigenvalue weighted by Gasteiger charge is 2.52. The summed E-state index contributed by atoms with van der Waals surface area (Å²) in [5, 5.41) is 13.9. The molecule has 18 heavy (non-hydrogen) atoms. The highest BCUT2D eigenvalue weighted by molar-refractivity contribution is 5.52. The van der Waals surface area contributed by atoms with Crippen LogP contribution in [0.3, 0.4) is 0 Å². The van der Waals surface area contributed by atoms with Gasteiger partial charge in [0.15, 0.2) is 0 Å². The average Bonchev–Trinajstić information content (AvgIpc) is 2.81. The predicted molar refractivity (Wildman–Crippen MR) is 66.3 cm³/mol. The van der Waals surface area contributed by atoms with Gasteiger partial charge in [0.25, 0.3) is 5.69 Å². The van der Waals surface area contributed by atoms with Crippen LogP contribution in [0, 0.1) is 16.0 Å². The number of nitrogens with one attached hydrogen (secondary N) is 1. The van der Waals surface area contributed by atoms with Gasteiger partial charge in [-0.2, -0.15) is 0 Å². The van der Waals surface area contributed by atoms with Gasteiger partial charge in [-0.15, -0.1) is 0 Å². The van der Waals surface area contributed by atoms with Crippen molar-refractivity contribution >= 4 is 11.4 Å². The summed E-state index contributed by atoms with van der Waals surface area (Å²) in [6, 6.07) is 6.59. The maximum atomic E-state index is 10.7. The molecule has 1 saturated heterocycles. The van der Waals surface area contributed by atoms with Gasteiger partial charge in [-0.3, -0.25) is 10.1 Å². The Morgan fingerprint density at radius 1 is 1.50 bits per heavy atom. The van der Waals surface area contributed by atoms with Gasteiger partial charge in [0.05, 0.1) is 17.1 Å². The lowest BCUT2D eigenvalue weighted by molar-refractivity contribution is -0.384. The first-order valence-electron chi connectivity index (χ1n) is 6.05. The minimum Gasteiger partial charge on any atom is -0.378 e.